The third-order valence-electron chi connectivity index (χ3n) is 3.98. The van der Waals surface area contributed by atoms with Gasteiger partial charge < -0.3 is 10.1 Å². The van der Waals surface area contributed by atoms with Crippen LogP contribution in [0.15, 0.2) is 0 Å². The quantitative estimate of drug-likeness (QED) is 0.844. The summed E-state index contributed by atoms with van der Waals surface area (Å²) in [6, 6.07) is 0.242. The predicted molar refractivity (Wildman–Crippen MR) is 68.1 cm³/mol. The molecular formula is C14H24FNO2. The molecule has 4 heteroatoms. The number of nitrogens with one attached hydrogen (secondary N) is 1. The van der Waals surface area contributed by atoms with Crippen LogP contribution < -0.4 is 5.32 Å². The maximum Gasteiger partial charge on any atom is 0.217 e. The number of alkyl halides is 1. The normalized spacial score (nSPS) is 37.2. The lowest BCUT2D eigenvalue weighted by molar-refractivity contribution is -0.120. The van der Waals surface area contributed by atoms with Gasteiger partial charge in [0.2, 0.25) is 5.91 Å². The van der Waals surface area contributed by atoms with E-state index in [1.54, 1.807) is 6.92 Å². The molecule has 18 heavy (non-hydrogen) atoms. The Hall–Kier alpha value is -0.640. The van der Waals surface area contributed by atoms with Gasteiger partial charge in [0.05, 0.1) is 12.2 Å². The van der Waals surface area contributed by atoms with E-state index >= 15 is 0 Å². The van der Waals surface area contributed by atoms with E-state index in [4.69, 9.17) is 4.74 Å². The zero-order valence-corrected chi connectivity index (χ0v) is 11.2. The Morgan fingerprint density at radius 1 is 1.11 bits per heavy atom. The zero-order chi connectivity index (χ0) is 13.0. The second-order valence-corrected chi connectivity index (χ2v) is 5.71. The summed E-state index contributed by atoms with van der Waals surface area (Å²) in [5, 5.41) is 2.96. The lowest BCUT2D eigenvalue weighted by Crippen LogP contribution is -2.41. The van der Waals surface area contributed by atoms with E-state index in [0.29, 0.717) is 12.8 Å². The fraction of sp³-hybridized carbons (Fsp3) is 0.929. The summed E-state index contributed by atoms with van der Waals surface area (Å²) < 4.78 is 19.3. The van der Waals surface area contributed by atoms with Crippen LogP contribution in [0.4, 0.5) is 4.39 Å². The molecule has 4 atom stereocenters. The monoisotopic (exact) mass is 257 g/mol. The van der Waals surface area contributed by atoms with Crippen LogP contribution in [0, 0.1) is 0 Å². The Morgan fingerprint density at radius 3 is 2.44 bits per heavy atom. The first-order valence-electron chi connectivity index (χ1n) is 7.20. The number of rotatable bonds is 3. The Balaban J connectivity index is 1.76. The van der Waals surface area contributed by atoms with Crippen LogP contribution in [0.3, 0.4) is 0 Å². The molecule has 0 radical (unpaired) electrons. The van der Waals surface area contributed by atoms with Gasteiger partial charge in [0.1, 0.15) is 6.17 Å². The first-order valence-corrected chi connectivity index (χ1v) is 7.20. The lowest BCUT2D eigenvalue weighted by atomic mass is 9.91. The van der Waals surface area contributed by atoms with Gasteiger partial charge in [-0.15, -0.1) is 0 Å². The van der Waals surface area contributed by atoms with Crippen LogP contribution in [0.2, 0.25) is 0 Å². The molecule has 0 aromatic rings. The highest BCUT2D eigenvalue weighted by atomic mass is 19.1. The van der Waals surface area contributed by atoms with Crippen LogP contribution in [-0.2, 0) is 9.53 Å². The molecule has 2 fully saturated rings. The van der Waals surface area contributed by atoms with Crippen LogP contribution >= 0.6 is 0 Å². The van der Waals surface area contributed by atoms with E-state index in [0.717, 1.165) is 38.5 Å². The summed E-state index contributed by atoms with van der Waals surface area (Å²) >= 11 is 0. The van der Waals surface area contributed by atoms with Crippen molar-refractivity contribution >= 4 is 5.91 Å². The second-order valence-electron chi connectivity index (χ2n) is 5.71. The number of hydrogen-bond donors (Lipinski definition) is 1. The highest BCUT2D eigenvalue weighted by Gasteiger charge is 2.28. The van der Waals surface area contributed by atoms with E-state index in [2.05, 4.69) is 5.32 Å². The third-order valence-corrected chi connectivity index (χ3v) is 3.98. The number of hydrogen-bond acceptors (Lipinski definition) is 2. The van der Waals surface area contributed by atoms with Crippen molar-refractivity contribution in [1.29, 1.82) is 0 Å². The van der Waals surface area contributed by atoms with Crippen LogP contribution in [0.5, 0.6) is 0 Å². The molecule has 0 saturated heterocycles. The van der Waals surface area contributed by atoms with Gasteiger partial charge in [0.15, 0.2) is 0 Å². The largest absolute Gasteiger partial charge is 0.375 e. The van der Waals surface area contributed by atoms with Gasteiger partial charge in [-0.1, -0.05) is 0 Å². The maximum atomic E-state index is 13.3. The SMILES string of the molecule is CC(=O)NC1CCCC(OC2CCCC(F)C2)C1. The topological polar surface area (TPSA) is 38.3 Å². The summed E-state index contributed by atoms with van der Waals surface area (Å²) in [6.45, 7) is 1.55. The standard InChI is InChI=1S/C14H24FNO2/c1-10(17)16-12-5-3-7-14(9-12)18-13-6-2-4-11(15)8-13/h11-14H,2-9H2,1H3,(H,16,17). The molecule has 104 valence electrons. The van der Waals surface area contributed by atoms with Gasteiger partial charge in [0.25, 0.3) is 0 Å². The molecule has 2 aliphatic carbocycles. The Morgan fingerprint density at radius 2 is 1.78 bits per heavy atom. The van der Waals surface area contributed by atoms with Gasteiger partial charge in [-0.2, -0.15) is 0 Å². The molecular weight excluding hydrogens is 233 g/mol. The molecule has 0 aliphatic heterocycles. The van der Waals surface area contributed by atoms with Crippen molar-refractivity contribution in [2.24, 2.45) is 0 Å². The number of carbonyl (C=O) groups excluding carboxylic acids is 1. The third kappa shape index (κ3) is 4.23. The Labute approximate surface area is 108 Å². The fourth-order valence-electron chi connectivity index (χ4n) is 3.17. The van der Waals surface area contributed by atoms with E-state index < -0.39 is 6.17 Å². The van der Waals surface area contributed by atoms with Crippen LogP contribution in [0.1, 0.15) is 58.3 Å². The van der Waals surface area contributed by atoms with Crippen molar-refractivity contribution in [2.75, 3.05) is 0 Å². The van der Waals surface area contributed by atoms with Crippen molar-refractivity contribution in [3.05, 3.63) is 0 Å². The summed E-state index contributed by atoms with van der Waals surface area (Å²) in [7, 11) is 0. The average Bonchev–Trinajstić information content (AvgIpc) is 2.28. The highest BCUT2D eigenvalue weighted by molar-refractivity contribution is 5.73. The second kappa shape index (κ2) is 6.50. The average molecular weight is 257 g/mol. The van der Waals surface area contributed by atoms with Crippen LogP contribution in [-0.4, -0.2) is 30.3 Å². The fourth-order valence-corrected chi connectivity index (χ4v) is 3.17. The summed E-state index contributed by atoms with van der Waals surface area (Å²) in [5.74, 6) is 0.0298. The van der Waals surface area contributed by atoms with E-state index in [-0.39, 0.29) is 24.2 Å². The van der Waals surface area contributed by atoms with Crippen LogP contribution in [0.25, 0.3) is 0 Å². The molecule has 0 spiro atoms. The van der Waals surface area contributed by atoms with Crippen molar-refractivity contribution in [1.82, 2.24) is 5.32 Å². The minimum Gasteiger partial charge on any atom is -0.375 e. The molecule has 4 unspecified atom stereocenters. The van der Waals surface area contributed by atoms with Gasteiger partial charge in [-0.05, 0) is 44.9 Å². The Kier molecular flexibility index (Phi) is 4.98. The van der Waals surface area contributed by atoms with Gasteiger partial charge in [0, 0.05) is 19.4 Å². The van der Waals surface area contributed by atoms with Crippen molar-refractivity contribution in [2.45, 2.75) is 82.7 Å². The molecule has 0 heterocycles. The molecule has 1 N–H and O–H groups in total. The van der Waals surface area contributed by atoms with Crippen molar-refractivity contribution in [3.63, 3.8) is 0 Å². The smallest absolute Gasteiger partial charge is 0.217 e. The molecule has 1 amide bonds. The zero-order valence-electron chi connectivity index (χ0n) is 11.2. The number of ether oxygens (including phenoxy) is 1. The molecule has 3 nitrogen and oxygen atoms in total. The lowest BCUT2D eigenvalue weighted by Gasteiger charge is -2.34. The number of halogens is 1. The minimum atomic E-state index is -0.682. The summed E-state index contributed by atoms with van der Waals surface area (Å²) in [4.78, 5) is 11.1. The molecule has 0 aromatic carbocycles. The minimum absolute atomic E-state index is 0.0298. The maximum absolute atomic E-state index is 13.3. The predicted octanol–water partition coefficient (Wildman–Crippen LogP) is 2.73. The first-order chi connectivity index (χ1) is 8.63. The molecule has 0 bridgehead atoms. The Bertz CT molecular complexity index is 285. The summed E-state index contributed by atoms with van der Waals surface area (Å²) in [5.41, 5.74) is 0. The molecule has 2 aliphatic rings. The van der Waals surface area contributed by atoms with Crippen molar-refractivity contribution in [3.8, 4) is 0 Å². The molecule has 2 rings (SSSR count). The highest BCUT2D eigenvalue weighted by Crippen LogP contribution is 2.28. The number of carbonyl (C=O) groups is 1. The van der Waals surface area contributed by atoms with E-state index in [9.17, 15) is 9.18 Å². The van der Waals surface area contributed by atoms with Crippen molar-refractivity contribution < 1.29 is 13.9 Å². The first kappa shape index (κ1) is 13.8. The van der Waals surface area contributed by atoms with E-state index in [1.165, 1.54) is 0 Å². The van der Waals surface area contributed by atoms with Gasteiger partial charge in [-0.3, -0.25) is 4.79 Å². The molecule has 2 saturated carbocycles. The molecule has 0 aromatic heterocycles. The van der Waals surface area contributed by atoms with E-state index in [1.807, 2.05) is 0 Å². The van der Waals surface area contributed by atoms with Gasteiger partial charge >= 0.3 is 0 Å². The summed E-state index contributed by atoms with van der Waals surface area (Å²) in [6.07, 6.45) is 6.84. The van der Waals surface area contributed by atoms with Gasteiger partial charge in [-0.25, -0.2) is 4.39 Å². The number of amides is 1.